The number of amides is 1. The molecule has 1 unspecified atom stereocenters. The van der Waals surface area contributed by atoms with Crippen LogP contribution >= 0.6 is 0 Å². The van der Waals surface area contributed by atoms with Crippen LogP contribution < -0.4 is 0 Å². The smallest absolute Gasteiger partial charge is 0.230 e. The number of carbonyl (C=O) groups is 1. The topological polar surface area (TPSA) is 40.5 Å². The number of hydrogen-bond donors (Lipinski definition) is 1. The normalized spacial score (nSPS) is 12.5. The van der Waals surface area contributed by atoms with Gasteiger partial charge in [0, 0.05) is 12.6 Å². The molecular weight excluding hydrogens is 238 g/mol. The summed E-state index contributed by atoms with van der Waals surface area (Å²) in [4.78, 5) is 14.4. The second-order valence-electron chi connectivity index (χ2n) is 4.86. The minimum absolute atomic E-state index is 0.0176. The van der Waals surface area contributed by atoms with Gasteiger partial charge in [0.05, 0.1) is 12.5 Å². The number of rotatable bonds is 7. The Balaban J connectivity index is 2.87. The van der Waals surface area contributed by atoms with Crippen molar-refractivity contribution in [2.45, 2.75) is 45.6 Å². The van der Waals surface area contributed by atoms with Gasteiger partial charge >= 0.3 is 0 Å². The first-order chi connectivity index (χ1) is 9.15. The third-order valence-corrected chi connectivity index (χ3v) is 3.68. The van der Waals surface area contributed by atoms with Crippen LogP contribution in [0.25, 0.3) is 0 Å². The van der Waals surface area contributed by atoms with Gasteiger partial charge < -0.3 is 10.0 Å². The Morgan fingerprint density at radius 2 is 1.79 bits per heavy atom. The molecule has 0 spiro atoms. The average Bonchev–Trinajstić information content (AvgIpc) is 2.47. The molecule has 0 aliphatic heterocycles. The standard InChI is InChI=1S/C16H25NO2/c1-4-15(5-2)17(11-12-18)16(19)13(3)14-9-7-6-8-10-14/h6-10,13,15,18H,4-5,11-12H2,1-3H3. The van der Waals surface area contributed by atoms with Gasteiger partial charge in [-0.2, -0.15) is 0 Å². The Hall–Kier alpha value is -1.35. The summed E-state index contributed by atoms with van der Waals surface area (Å²) in [5.41, 5.74) is 1.03. The van der Waals surface area contributed by atoms with Crippen LogP contribution in [0.1, 0.15) is 45.1 Å². The molecule has 1 amide bonds. The van der Waals surface area contributed by atoms with Crippen molar-refractivity contribution in [1.82, 2.24) is 4.90 Å². The molecule has 0 aliphatic carbocycles. The number of aliphatic hydroxyl groups is 1. The van der Waals surface area contributed by atoms with Crippen molar-refractivity contribution in [1.29, 1.82) is 0 Å². The Kier molecular flexibility index (Phi) is 6.57. The summed E-state index contributed by atoms with van der Waals surface area (Å²) in [6.45, 7) is 6.54. The first-order valence-corrected chi connectivity index (χ1v) is 7.11. The molecule has 19 heavy (non-hydrogen) atoms. The zero-order chi connectivity index (χ0) is 14.3. The Morgan fingerprint density at radius 3 is 2.26 bits per heavy atom. The van der Waals surface area contributed by atoms with E-state index in [2.05, 4.69) is 13.8 Å². The molecule has 1 N–H and O–H groups in total. The van der Waals surface area contributed by atoms with E-state index in [9.17, 15) is 9.90 Å². The molecule has 0 bridgehead atoms. The van der Waals surface area contributed by atoms with Crippen LogP contribution in [-0.2, 0) is 4.79 Å². The lowest BCUT2D eigenvalue weighted by Crippen LogP contribution is -2.43. The van der Waals surface area contributed by atoms with Gasteiger partial charge in [0.2, 0.25) is 5.91 Å². The van der Waals surface area contributed by atoms with Gasteiger partial charge in [-0.15, -0.1) is 0 Å². The second-order valence-corrected chi connectivity index (χ2v) is 4.86. The Morgan fingerprint density at radius 1 is 1.21 bits per heavy atom. The van der Waals surface area contributed by atoms with Crippen molar-refractivity contribution in [3.63, 3.8) is 0 Å². The van der Waals surface area contributed by atoms with Gasteiger partial charge in [-0.05, 0) is 25.3 Å². The zero-order valence-electron chi connectivity index (χ0n) is 12.2. The summed E-state index contributed by atoms with van der Waals surface area (Å²) in [5.74, 6) is -0.0534. The molecule has 3 heteroatoms. The molecule has 0 radical (unpaired) electrons. The SMILES string of the molecule is CCC(CC)N(CCO)C(=O)C(C)c1ccccc1. The van der Waals surface area contributed by atoms with Crippen molar-refractivity contribution in [3.05, 3.63) is 35.9 Å². The largest absolute Gasteiger partial charge is 0.395 e. The first kappa shape index (κ1) is 15.7. The molecule has 1 aromatic carbocycles. The van der Waals surface area contributed by atoms with Crippen LogP contribution in [-0.4, -0.2) is 35.1 Å². The lowest BCUT2D eigenvalue weighted by Gasteiger charge is -2.32. The Labute approximate surface area is 116 Å². The molecule has 0 heterocycles. The summed E-state index contributed by atoms with van der Waals surface area (Å²) in [7, 11) is 0. The fourth-order valence-corrected chi connectivity index (χ4v) is 2.44. The van der Waals surface area contributed by atoms with E-state index in [1.54, 1.807) is 0 Å². The van der Waals surface area contributed by atoms with E-state index in [0.717, 1.165) is 18.4 Å². The molecule has 0 aromatic heterocycles. The fraction of sp³-hybridized carbons (Fsp3) is 0.562. The van der Waals surface area contributed by atoms with Gasteiger partial charge in [0.15, 0.2) is 0 Å². The second kappa shape index (κ2) is 7.95. The molecule has 106 valence electrons. The van der Waals surface area contributed by atoms with Crippen LogP contribution in [0.15, 0.2) is 30.3 Å². The van der Waals surface area contributed by atoms with Gasteiger partial charge in [-0.3, -0.25) is 4.79 Å². The van der Waals surface area contributed by atoms with E-state index in [1.165, 1.54) is 0 Å². The molecule has 1 atom stereocenters. The first-order valence-electron chi connectivity index (χ1n) is 7.11. The van der Waals surface area contributed by atoms with Crippen molar-refractivity contribution in [2.75, 3.05) is 13.2 Å². The van der Waals surface area contributed by atoms with Crippen molar-refractivity contribution >= 4 is 5.91 Å². The molecule has 0 saturated heterocycles. The van der Waals surface area contributed by atoms with Crippen LogP contribution in [0, 0.1) is 0 Å². The lowest BCUT2D eigenvalue weighted by molar-refractivity contribution is -0.135. The highest BCUT2D eigenvalue weighted by Gasteiger charge is 2.25. The van der Waals surface area contributed by atoms with E-state index in [4.69, 9.17) is 0 Å². The molecule has 3 nitrogen and oxygen atoms in total. The number of carbonyl (C=O) groups excluding carboxylic acids is 1. The summed E-state index contributed by atoms with van der Waals surface area (Å²) >= 11 is 0. The number of hydrogen-bond acceptors (Lipinski definition) is 2. The minimum Gasteiger partial charge on any atom is -0.395 e. The quantitative estimate of drug-likeness (QED) is 0.821. The average molecular weight is 263 g/mol. The maximum absolute atomic E-state index is 12.6. The number of benzene rings is 1. The molecule has 1 rings (SSSR count). The number of aliphatic hydroxyl groups excluding tert-OH is 1. The molecule has 0 saturated carbocycles. The van der Waals surface area contributed by atoms with Crippen molar-refractivity contribution in [2.24, 2.45) is 0 Å². The summed E-state index contributed by atoms with van der Waals surface area (Å²) < 4.78 is 0. The summed E-state index contributed by atoms with van der Waals surface area (Å²) in [5, 5.41) is 9.18. The monoisotopic (exact) mass is 263 g/mol. The maximum atomic E-state index is 12.6. The van der Waals surface area contributed by atoms with Gasteiger partial charge in [0.1, 0.15) is 0 Å². The van der Waals surface area contributed by atoms with Crippen molar-refractivity contribution in [3.8, 4) is 0 Å². The van der Waals surface area contributed by atoms with Crippen LogP contribution in [0.3, 0.4) is 0 Å². The fourth-order valence-electron chi connectivity index (χ4n) is 2.44. The molecule has 0 fully saturated rings. The Bertz CT molecular complexity index is 374. The van der Waals surface area contributed by atoms with Gasteiger partial charge in [0.25, 0.3) is 0 Å². The third kappa shape index (κ3) is 4.06. The minimum atomic E-state index is -0.159. The molecule has 1 aromatic rings. The lowest BCUT2D eigenvalue weighted by atomic mass is 9.98. The maximum Gasteiger partial charge on any atom is 0.230 e. The highest BCUT2D eigenvalue weighted by atomic mass is 16.3. The predicted octanol–water partition coefficient (Wildman–Crippen LogP) is 2.80. The van der Waals surface area contributed by atoms with Gasteiger partial charge in [-0.25, -0.2) is 0 Å². The van der Waals surface area contributed by atoms with E-state index in [1.807, 2.05) is 42.2 Å². The summed E-state index contributed by atoms with van der Waals surface area (Å²) in [6.07, 6.45) is 1.84. The zero-order valence-corrected chi connectivity index (χ0v) is 12.2. The van der Waals surface area contributed by atoms with Crippen molar-refractivity contribution < 1.29 is 9.90 Å². The number of nitrogens with zero attached hydrogens (tertiary/aromatic N) is 1. The van der Waals surface area contributed by atoms with E-state index in [0.29, 0.717) is 6.54 Å². The van der Waals surface area contributed by atoms with Crippen LogP contribution in [0.2, 0.25) is 0 Å². The molecule has 0 aliphatic rings. The van der Waals surface area contributed by atoms with Gasteiger partial charge in [-0.1, -0.05) is 44.2 Å². The van der Waals surface area contributed by atoms with E-state index in [-0.39, 0.29) is 24.5 Å². The van der Waals surface area contributed by atoms with E-state index < -0.39 is 0 Å². The third-order valence-electron chi connectivity index (χ3n) is 3.68. The highest BCUT2D eigenvalue weighted by molar-refractivity contribution is 5.83. The van der Waals surface area contributed by atoms with Crippen LogP contribution in [0.5, 0.6) is 0 Å². The predicted molar refractivity (Wildman–Crippen MR) is 78.0 cm³/mol. The van der Waals surface area contributed by atoms with Crippen LogP contribution in [0.4, 0.5) is 0 Å². The summed E-state index contributed by atoms with van der Waals surface area (Å²) in [6, 6.07) is 10.0. The highest BCUT2D eigenvalue weighted by Crippen LogP contribution is 2.20. The van der Waals surface area contributed by atoms with E-state index >= 15 is 0 Å². The molecular formula is C16H25NO2.